The van der Waals surface area contributed by atoms with Crippen molar-refractivity contribution in [2.45, 2.75) is 19.0 Å². The zero-order valence-corrected chi connectivity index (χ0v) is 13.7. The molecule has 126 valence electrons. The standard InChI is InChI=1S/C17H24N2O4/c1-3-23-17(21)16-13-10-12(20)4-5-14(13)18(2)15(16)11-19-6-8-22-9-7-19/h4-5,10,14-15,20H,3,6-9,11H2,1-2H3. The fourth-order valence-electron chi connectivity index (χ4n) is 3.48. The lowest BCUT2D eigenvalue weighted by atomic mass is 9.97. The second kappa shape index (κ2) is 6.86. The van der Waals surface area contributed by atoms with Gasteiger partial charge in [-0.15, -0.1) is 0 Å². The predicted octanol–water partition coefficient (Wildman–Crippen LogP) is 0.873. The van der Waals surface area contributed by atoms with Gasteiger partial charge < -0.3 is 14.6 Å². The highest BCUT2D eigenvalue weighted by molar-refractivity contribution is 5.93. The zero-order valence-electron chi connectivity index (χ0n) is 13.7. The van der Waals surface area contributed by atoms with Crippen LogP contribution in [0.15, 0.2) is 35.1 Å². The molecule has 2 unspecified atom stereocenters. The number of carbonyl (C=O) groups excluding carboxylic acids is 1. The minimum absolute atomic E-state index is 0.0105. The lowest BCUT2D eigenvalue weighted by Gasteiger charge is -2.33. The third kappa shape index (κ3) is 3.20. The van der Waals surface area contributed by atoms with E-state index in [0.717, 1.165) is 38.4 Å². The quantitative estimate of drug-likeness (QED) is 0.776. The maximum absolute atomic E-state index is 12.5. The number of hydrogen-bond donors (Lipinski definition) is 1. The van der Waals surface area contributed by atoms with Gasteiger partial charge in [0.25, 0.3) is 0 Å². The van der Waals surface area contributed by atoms with Gasteiger partial charge in [0.1, 0.15) is 5.76 Å². The molecule has 0 saturated carbocycles. The van der Waals surface area contributed by atoms with Crippen molar-refractivity contribution in [1.29, 1.82) is 0 Å². The minimum Gasteiger partial charge on any atom is -0.508 e. The lowest BCUT2D eigenvalue weighted by molar-refractivity contribution is -0.139. The molecular weight excluding hydrogens is 296 g/mol. The van der Waals surface area contributed by atoms with E-state index in [-0.39, 0.29) is 23.8 Å². The van der Waals surface area contributed by atoms with Crippen molar-refractivity contribution in [3.8, 4) is 0 Å². The Bertz CT molecular complexity index is 561. The van der Waals surface area contributed by atoms with E-state index in [9.17, 15) is 9.90 Å². The first-order valence-corrected chi connectivity index (χ1v) is 8.14. The Labute approximate surface area is 136 Å². The number of fused-ring (bicyclic) bond motifs is 1. The minimum atomic E-state index is -0.283. The molecule has 6 heteroatoms. The number of carbonyl (C=O) groups is 1. The van der Waals surface area contributed by atoms with Crippen molar-refractivity contribution in [2.75, 3.05) is 46.5 Å². The van der Waals surface area contributed by atoms with Crippen LogP contribution in [0.4, 0.5) is 0 Å². The summed E-state index contributed by atoms with van der Waals surface area (Å²) in [5.41, 5.74) is 1.52. The first kappa shape index (κ1) is 16.2. The topological polar surface area (TPSA) is 62.2 Å². The van der Waals surface area contributed by atoms with Crippen molar-refractivity contribution in [1.82, 2.24) is 9.80 Å². The molecule has 0 radical (unpaired) electrons. The molecular formula is C17H24N2O4. The van der Waals surface area contributed by atoms with Crippen molar-refractivity contribution in [3.63, 3.8) is 0 Å². The second-order valence-electron chi connectivity index (χ2n) is 6.06. The summed E-state index contributed by atoms with van der Waals surface area (Å²) in [7, 11) is 2.02. The van der Waals surface area contributed by atoms with Crippen LogP contribution >= 0.6 is 0 Å². The Morgan fingerprint density at radius 3 is 2.87 bits per heavy atom. The molecule has 0 spiro atoms. The molecule has 23 heavy (non-hydrogen) atoms. The molecule has 1 fully saturated rings. The average Bonchev–Trinajstić information content (AvgIpc) is 2.80. The van der Waals surface area contributed by atoms with Gasteiger partial charge in [0.2, 0.25) is 0 Å². The summed E-state index contributed by atoms with van der Waals surface area (Å²) >= 11 is 0. The summed E-state index contributed by atoms with van der Waals surface area (Å²) in [6.45, 7) is 6.12. The Morgan fingerprint density at radius 1 is 1.43 bits per heavy atom. The van der Waals surface area contributed by atoms with Gasteiger partial charge in [-0.25, -0.2) is 4.79 Å². The van der Waals surface area contributed by atoms with Crippen LogP contribution in [0.1, 0.15) is 6.92 Å². The Kier molecular flexibility index (Phi) is 4.84. The normalized spacial score (nSPS) is 28.7. The Hall–Kier alpha value is -1.63. The average molecular weight is 320 g/mol. The molecule has 6 nitrogen and oxygen atoms in total. The highest BCUT2D eigenvalue weighted by Crippen LogP contribution is 2.35. The fourth-order valence-corrected chi connectivity index (χ4v) is 3.48. The molecule has 0 aromatic rings. The number of likely N-dealkylation sites (N-methyl/N-ethyl adjacent to an activating group) is 1. The molecule has 2 aliphatic heterocycles. The van der Waals surface area contributed by atoms with Gasteiger partial charge in [-0.1, -0.05) is 6.08 Å². The van der Waals surface area contributed by atoms with Gasteiger partial charge >= 0.3 is 5.97 Å². The number of hydrogen-bond acceptors (Lipinski definition) is 6. The van der Waals surface area contributed by atoms with Crippen LogP contribution in [0.3, 0.4) is 0 Å². The molecule has 3 aliphatic rings. The van der Waals surface area contributed by atoms with E-state index in [4.69, 9.17) is 9.47 Å². The van der Waals surface area contributed by atoms with E-state index >= 15 is 0 Å². The van der Waals surface area contributed by atoms with Gasteiger partial charge in [-0.3, -0.25) is 9.80 Å². The molecule has 0 bridgehead atoms. The summed E-state index contributed by atoms with van der Waals surface area (Å²) < 4.78 is 10.7. The Morgan fingerprint density at radius 2 is 2.17 bits per heavy atom. The molecule has 0 amide bonds. The SMILES string of the molecule is CCOC(=O)C1=C2C=C(O)C=CC2N(C)C1CN1CCOCC1. The first-order chi connectivity index (χ1) is 11.1. The summed E-state index contributed by atoms with van der Waals surface area (Å²) in [4.78, 5) is 17.0. The number of ether oxygens (including phenoxy) is 2. The van der Waals surface area contributed by atoms with Crippen molar-refractivity contribution >= 4 is 5.97 Å². The molecule has 2 heterocycles. The third-order valence-corrected chi connectivity index (χ3v) is 4.68. The van der Waals surface area contributed by atoms with Crippen LogP contribution in [0.5, 0.6) is 0 Å². The van der Waals surface area contributed by atoms with E-state index < -0.39 is 0 Å². The third-order valence-electron chi connectivity index (χ3n) is 4.68. The summed E-state index contributed by atoms with van der Waals surface area (Å²) in [5.74, 6) is -0.104. The van der Waals surface area contributed by atoms with Gasteiger partial charge in [-0.2, -0.15) is 0 Å². The zero-order chi connectivity index (χ0) is 16.4. The van der Waals surface area contributed by atoms with Gasteiger partial charge in [0.05, 0.1) is 37.5 Å². The molecule has 0 aromatic carbocycles. The highest BCUT2D eigenvalue weighted by atomic mass is 16.5. The summed E-state index contributed by atoms with van der Waals surface area (Å²) in [5, 5.41) is 9.82. The lowest BCUT2D eigenvalue weighted by Crippen LogP contribution is -2.47. The Balaban J connectivity index is 1.89. The number of aliphatic hydroxyl groups is 1. The van der Waals surface area contributed by atoms with E-state index in [2.05, 4.69) is 9.80 Å². The van der Waals surface area contributed by atoms with Gasteiger partial charge in [0, 0.05) is 19.6 Å². The molecule has 2 atom stereocenters. The van der Waals surface area contributed by atoms with Crippen molar-refractivity contribution in [2.24, 2.45) is 0 Å². The smallest absolute Gasteiger partial charge is 0.336 e. The van der Waals surface area contributed by atoms with Crippen LogP contribution in [0, 0.1) is 0 Å². The highest BCUT2D eigenvalue weighted by Gasteiger charge is 2.42. The van der Waals surface area contributed by atoms with Gasteiger partial charge in [-0.05, 0) is 31.7 Å². The van der Waals surface area contributed by atoms with Crippen LogP contribution in [-0.2, 0) is 14.3 Å². The van der Waals surface area contributed by atoms with Crippen LogP contribution in [-0.4, -0.2) is 79.5 Å². The maximum atomic E-state index is 12.5. The number of esters is 1. The van der Waals surface area contributed by atoms with Crippen LogP contribution in [0.25, 0.3) is 0 Å². The molecule has 0 aromatic heterocycles. The largest absolute Gasteiger partial charge is 0.508 e. The van der Waals surface area contributed by atoms with Crippen LogP contribution in [0.2, 0.25) is 0 Å². The number of aliphatic hydroxyl groups excluding tert-OH is 1. The number of rotatable bonds is 4. The number of nitrogens with zero attached hydrogens (tertiary/aromatic N) is 2. The molecule has 1 saturated heterocycles. The van der Waals surface area contributed by atoms with E-state index in [1.165, 1.54) is 0 Å². The van der Waals surface area contributed by atoms with E-state index in [1.807, 2.05) is 20.0 Å². The number of allylic oxidation sites excluding steroid dienone is 1. The maximum Gasteiger partial charge on any atom is 0.336 e. The van der Waals surface area contributed by atoms with Crippen molar-refractivity contribution < 1.29 is 19.4 Å². The van der Waals surface area contributed by atoms with Crippen LogP contribution < -0.4 is 0 Å². The summed E-state index contributed by atoms with van der Waals surface area (Å²) in [6.07, 6.45) is 5.31. The number of morpholine rings is 1. The predicted molar refractivity (Wildman–Crippen MR) is 86.1 cm³/mol. The van der Waals surface area contributed by atoms with Crippen molar-refractivity contribution in [3.05, 3.63) is 35.1 Å². The van der Waals surface area contributed by atoms with E-state index in [0.29, 0.717) is 12.2 Å². The van der Waals surface area contributed by atoms with Gasteiger partial charge in [0.15, 0.2) is 0 Å². The summed E-state index contributed by atoms with van der Waals surface area (Å²) in [6, 6.07) is -0.0321. The monoisotopic (exact) mass is 320 g/mol. The molecule has 1 aliphatic carbocycles. The molecule has 3 rings (SSSR count). The first-order valence-electron chi connectivity index (χ1n) is 8.14. The fraction of sp³-hybridized carbons (Fsp3) is 0.588. The second-order valence-corrected chi connectivity index (χ2v) is 6.06. The molecule has 1 N–H and O–H groups in total. The van der Waals surface area contributed by atoms with E-state index in [1.54, 1.807) is 12.2 Å².